The third kappa shape index (κ3) is 4.23. The standard InChI is InChI=1S/C10H15FN2O2S.ClH/c1-7-3-4-9(5-10(7)11)16(14,15)13-8(2)6-12;/h3-5,8,13H,6,12H2,1-2H3;1H/t8-;/m0./s1. The Kier molecular flexibility index (Phi) is 6.04. The van der Waals surface area contributed by atoms with Crippen LogP contribution in [0.3, 0.4) is 0 Å². The highest BCUT2D eigenvalue weighted by atomic mass is 35.5. The molecule has 7 heteroatoms. The van der Waals surface area contributed by atoms with Gasteiger partial charge in [0.05, 0.1) is 4.90 Å². The van der Waals surface area contributed by atoms with E-state index in [1.54, 1.807) is 13.8 Å². The van der Waals surface area contributed by atoms with E-state index < -0.39 is 15.8 Å². The van der Waals surface area contributed by atoms with Gasteiger partial charge in [0.15, 0.2) is 0 Å². The molecule has 0 spiro atoms. The maximum atomic E-state index is 13.2. The molecule has 0 amide bonds. The minimum absolute atomic E-state index is 0. The molecule has 0 bridgehead atoms. The molecule has 0 aliphatic carbocycles. The van der Waals surface area contributed by atoms with Crippen LogP contribution in [-0.2, 0) is 10.0 Å². The second kappa shape index (κ2) is 6.30. The average Bonchev–Trinajstić information content (AvgIpc) is 2.21. The number of hydrogen-bond donors (Lipinski definition) is 2. The Morgan fingerprint density at radius 3 is 2.53 bits per heavy atom. The topological polar surface area (TPSA) is 72.2 Å². The van der Waals surface area contributed by atoms with Crippen LogP contribution in [0.2, 0.25) is 0 Å². The molecule has 1 rings (SSSR count). The van der Waals surface area contributed by atoms with Crippen molar-refractivity contribution < 1.29 is 12.8 Å². The van der Waals surface area contributed by atoms with E-state index in [2.05, 4.69) is 4.72 Å². The van der Waals surface area contributed by atoms with Gasteiger partial charge in [-0.2, -0.15) is 0 Å². The van der Waals surface area contributed by atoms with Crippen molar-refractivity contribution in [3.8, 4) is 0 Å². The molecule has 4 nitrogen and oxygen atoms in total. The normalized spacial score (nSPS) is 12.9. The number of benzene rings is 1. The monoisotopic (exact) mass is 282 g/mol. The molecule has 1 aromatic carbocycles. The Balaban J connectivity index is 0.00000256. The first-order chi connectivity index (χ1) is 7.36. The van der Waals surface area contributed by atoms with Crippen LogP contribution >= 0.6 is 12.4 Å². The van der Waals surface area contributed by atoms with Gasteiger partial charge in [-0.05, 0) is 31.5 Å². The van der Waals surface area contributed by atoms with Gasteiger partial charge < -0.3 is 5.73 Å². The maximum Gasteiger partial charge on any atom is 0.240 e. The van der Waals surface area contributed by atoms with E-state index in [1.807, 2.05) is 0 Å². The molecule has 0 saturated carbocycles. The molecule has 17 heavy (non-hydrogen) atoms. The van der Waals surface area contributed by atoms with Crippen LogP contribution in [0.1, 0.15) is 12.5 Å². The molecule has 98 valence electrons. The molecule has 0 unspecified atom stereocenters. The van der Waals surface area contributed by atoms with Crippen molar-refractivity contribution in [2.24, 2.45) is 5.73 Å². The smallest absolute Gasteiger partial charge is 0.240 e. The van der Waals surface area contributed by atoms with Gasteiger partial charge in [0.1, 0.15) is 5.82 Å². The highest BCUT2D eigenvalue weighted by Gasteiger charge is 2.17. The third-order valence-electron chi connectivity index (χ3n) is 2.16. The number of sulfonamides is 1. The number of rotatable bonds is 4. The van der Waals surface area contributed by atoms with Crippen molar-refractivity contribution in [2.75, 3.05) is 6.54 Å². The Morgan fingerprint density at radius 1 is 1.47 bits per heavy atom. The summed E-state index contributed by atoms with van der Waals surface area (Å²) in [5.41, 5.74) is 5.72. The van der Waals surface area contributed by atoms with E-state index in [-0.39, 0.29) is 29.9 Å². The number of hydrogen-bond acceptors (Lipinski definition) is 3. The summed E-state index contributed by atoms with van der Waals surface area (Å²) < 4.78 is 39.0. The molecule has 0 fully saturated rings. The van der Waals surface area contributed by atoms with Crippen LogP contribution in [0.15, 0.2) is 23.1 Å². The fourth-order valence-corrected chi connectivity index (χ4v) is 2.39. The van der Waals surface area contributed by atoms with Gasteiger partial charge in [-0.25, -0.2) is 17.5 Å². The Morgan fingerprint density at radius 2 is 2.06 bits per heavy atom. The van der Waals surface area contributed by atoms with Crippen molar-refractivity contribution in [1.82, 2.24) is 4.72 Å². The zero-order chi connectivity index (χ0) is 12.3. The summed E-state index contributed by atoms with van der Waals surface area (Å²) in [5, 5.41) is 0. The fraction of sp³-hybridized carbons (Fsp3) is 0.400. The predicted molar refractivity (Wildman–Crippen MR) is 67.2 cm³/mol. The van der Waals surface area contributed by atoms with Crippen molar-refractivity contribution in [3.63, 3.8) is 0 Å². The van der Waals surface area contributed by atoms with Gasteiger partial charge in [-0.1, -0.05) is 6.07 Å². The Hall–Kier alpha value is -0.690. The summed E-state index contributed by atoms with van der Waals surface area (Å²) in [7, 11) is -3.68. The summed E-state index contributed by atoms with van der Waals surface area (Å²) in [5.74, 6) is -0.539. The third-order valence-corrected chi connectivity index (χ3v) is 3.75. The molecule has 1 atom stereocenters. The fourth-order valence-electron chi connectivity index (χ4n) is 1.12. The van der Waals surface area contributed by atoms with E-state index in [0.717, 1.165) is 6.07 Å². The first-order valence-electron chi connectivity index (χ1n) is 4.85. The largest absolute Gasteiger partial charge is 0.329 e. The van der Waals surface area contributed by atoms with Gasteiger partial charge in [0.25, 0.3) is 0 Å². The Bertz CT molecular complexity index is 479. The lowest BCUT2D eigenvalue weighted by atomic mass is 10.2. The number of halogens is 2. The molecule has 0 heterocycles. The van der Waals surface area contributed by atoms with Crippen LogP contribution in [-0.4, -0.2) is 21.0 Å². The molecular formula is C10H16ClFN2O2S. The lowest BCUT2D eigenvalue weighted by Gasteiger charge is -2.12. The van der Waals surface area contributed by atoms with Crippen LogP contribution < -0.4 is 10.5 Å². The van der Waals surface area contributed by atoms with Crippen molar-refractivity contribution in [2.45, 2.75) is 24.8 Å². The average molecular weight is 283 g/mol. The lowest BCUT2D eigenvalue weighted by Crippen LogP contribution is -2.37. The van der Waals surface area contributed by atoms with E-state index in [1.165, 1.54) is 12.1 Å². The molecule has 3 N–H and O–H groups in total. The lowest BCUT2D eigenvalue weighted by molar-refractivity contribution is 0.559. The van der Waals surface area contributed by atoms with Crippen molar-refractivity contribution in [3.05, 3.63) is 29.6 Å². The maximum absolute atomic E-state index is 13.2. The van der Waals surface area contributed by atoms with E-state index >= 15 is 0 Å². The summed E-state index contributed by atoms with van der Waals surface area (Å²) in [6, 6.07) is 3.41. The minimum atomic E-state index is -3.68. The highest BCUT2D eigenvalue weighted by molar-refractivity contribution is 7.89. The highest BCUT2D eigenvalue weighted by Crippen LogP contribution is 2.14. The van der Waals surface area contributed by atoms with Crippen LogP contribution in [0.4, 0.5) is 4.39 Å². The van der Waals surface area contributed by atoms with Crippen LogP contribution in [0.5, 0.6) is 0 Å². The van der Waals surface area contributed by atoms with E-state index in [9.17, 15) is 12.8 Å². The zero-order valence-corrected chi connectivity index (χ0v) is 11.2. The molecule has 0 saturated heterocycles. The molecule has 0 aliphatic rings. The quantitative estimate of drug-likeness (QED) is 0.871. The first-order valence-corrected chi connectivity index (χ1v) is 6.33. The van der Waals surface area contributed by atoms with Crippen LogP contribution in [0.25, 0.3) is 0 Å². The first kappa shape index (κ1) is 16.3. The molecule has 0 radical (unpaired) electrons. The van der Waals surface area contributed by atoms with Gasteiger partial charge in [-0.3, -0.25) is 0 Å². The van der Waals surface area contributed by atoms with Crippen molar-refractivity contribution in [1.29, 1.82) is 0 Å². The SMILES string of the molecule is Cc1ccc(S(=O)(=O)N[C@@H](C)CN)cc1F.Cl. The van der Waals surface area contributed by atoms with E-state index in [4.69, 9.17) is 5.73 Å². The molecule has 0 aliphatic heterocycles. The summed E-state index contributed by atoms with van der Waals surface area (Å²) >= 11 is 0. The van der Waals surface area contributed by atoms with E-state index in [0.29, 0.717) is 5.56 Å². The van der Waals surface area contributed by atoms with Crippen LogP contribution in [0, 0.1) is 12.7 Å². The second-order valence-corrected chi connectivity index (χ2v) is 5.38. The van der Waals surface area contributed by atoms with Gasteiger partial charge in [0, 0.05) is 12.6 Å². The second-order valence-electron chi connectivity index (χ2n) is 3.67. The number of aryl methyl sites for hydroxylation is 1. The minimum Gasteiger partial charge on any atom is -0.329 e. The van der Waals surface area contributed by atoms with Crippen molar-refractivity contribution >= 4 is 22.4 Å². The van der Waals surface area contributed by atoms with Gasteiger partial charge in [0.2, 0.25) is 10.0 Å². The summed E-state index contributed by atoms with van der Waals surface area (Å²) in [6.45, 7) is 3.40. The summed E-state index contributed by atoms with van der Waals surface area (Å²) in [4.78, 5) is -0.0871. The number of nitrogens with one attached hydrogen (secondary N) is 1. The van der Waals surface area contributed by atoms with Gasteiger partial charge >= 0.3 is 0 Å². The molecule has 1 aromatic rings. The molecular weight excluding hydrogens is 267 g/mol. The Labute approximate surface area is 107 Å². The zero-order valence-electron chi connectivity index (χ0n) is 9.60. The predicted octanol–water partition coefficient (Wildman–Crippen LogP) is 1.18. The molecule has 0 aromatic heterocycles. The summed E-state index contributed by atoms with van der Waals surface area (Å²) in [6.07, 6.45) is 0. The number of nitrogens with two attached hydrogens (primary N) is 1. The van der Waals surface area contributed by atoms with Gasteiger partial charge in [-0.15, -0.1) is 12.4 Å².